The molecule has 3 nitrogen and oxygen atoms in total. The van der Waals surface area contributed by atoms with Crippen LogP contribution in [-0.2, 0) is 4.79 Å². The fourth-order valence-electron chi connectivity index (χ4n) is 0.910. The molecule has 0 aliphatic rings. The number of halogens is 3. The fourth-order valence-corrected chi connectivity index (χ4v) is 0.910. The van der Waals surface area contributed by atoms with Crippen LogP contribution >= 0.6 is 0 Å². The topological polar surface area (TPSA) is 41.1 Å². The quantitative estimate of drug-likeness (QED) is 0.645. The molecule has 0 spiro atoms. The van der Waals surface area contributed by atoms with Crippen LogP contribution in [0.3, 0.4) is 0 Å². The Kier molecular flexibility index (Phi) is 7.11. The Morgan fingerprint density at radius 3 is 2.40 bits per heavy atom. The van der Waals surface area contributed by atoms with E-state index in [0.29, 0.717) is 6.54 Å². The van der Waals surface area contributed by atoms with E-state index in [-0.39, 0.29) is 25.4 Å². The second-order valence-electron chi connectivity index (χ2n) is 3.22. The molecule has 0 radical (unpaired) electrons. The predicted molar refractivity (Wildman–Crippen MR) is 51.5 cm³/mol. The highest BCUT2D eigenvalue weighted by molar-refractivity contribution is 5.75. The van der Waals surface area contributed by atoms with Crippen molar-refractivity contribution in [3.63, 3.8) is 0 Å². The highest BCUT2D eigenvalue weighted by atomic mass is 19.4. The molecule has 0 aromatic heterocycles. The summed E-state index contributed by atoms with van der Waals surface area (Å²) >= 11 is 0. The first-order valence-electron chi connectivity index (χ1n) is 5.00. The first-order chi connectivity index (χ1) is 6.95. The highest BCUT2D eigenvalue weighted by Crippen LogP contribution is 2.17. The van der Waals surface area contributed by atoms with Crippen LogP contribution in [0.4, 0.5) is 13.2 Å². The zero-order valence-electron chi connectivity index (χ0n) is 8.78. The Hall–Kier alpha value is -0.780. The Morgan fingerprint density at radius 2 is 1.87 bits per heavy atom. The third kappa shape index (κ3) is 11.1. The highest BCUT2D eigenvalue weighted by Gasteiger charge is 2.25. The summed E-state index contributed by atoms with van der Waals surface area (Å²) in [6.07, 6.45) is -3.91. The summed E-state index contributed by atoms with van der Waals surface area (Å²) in [5.74, 6) is -0.128. The summed E-state index contributed by atoms with van der Waals surface area (Å²) < 4.78 is 35.1. The molecular weight excluding hydrogens is 209 g/mol. The maximum atomic E-state index is 11.7. The monoisotopic (exact) mass is 226 g/mol. The van der Waals surface area contributed by atoms with E-state index in [1.54, 1.807) is 0 Å². The van der Waals surface area contributed by atoms with Gasteiger partial charge in [-0.3, -0.25) is 4.79 Å². The van der Waals surface area contributed by atoms with Crippen LogP contribution in [0.2, 0.25) is 0 Å². The average Bonchev–Trinajstić information content (AvgIpc) is 2.12. The third-order valence-corrected chi connectivity index (χ3v) is 1.69. The minimum atomic E-state index is -4.13. The van der Waals surface area contributed by atoms with Crippen LogP contribution in [0.25, 0.3) is 0 Å². The van der Waals surface area contributed by atoms with Gasteiger partial charge in [-0.15, -0.1) is 0 Å². The van der Waals surface area contributed by atoms with E-state index in [9.17, 15) is 18.0 Å². The van der Waals surface area contributed by atoms with Crippen molar-refractivity contribution >= 4 is 5.91 Å². The van der Waals surface area contributed by atoms with Crippen LogP contribution < -0.4 is 10.6 Å². The van der Waals surface area contributed by atoms with Gasteiger partial charge in [-0.05, 0) is 6.42 Å². The maximum Gasteiger partial charge on any atom is 0.390 e. The summed E-state index contributed by atoms with van der Waals surface area (Å²) in [4.78, 5) is 11.0. The van der Waals surface area contributed by atoms with E-state index < -0.39 is 12.6 Å². The molecule has 0 saturated carbocycles. The van der Waals surface area contributed by atoms with Gasteiger partial charge in [0.05, 0.1) is 6.42 Å². The van der Waals surface area contributed by atoms with Gasteiger partial charge in [0.15, 0.2) is 0 Å². The van der Waals surface area contributed by atoms with Gasteiger partial charge >= 0.3 is 6.18 Å². The van der Waals surface area contributed by atoms with Gasteiger partial charge in [0.1, 0.15) is 0 Å². The smallest absolute Gasteiger partial charge is 0.356 e. The zero-order valence-corrected chi connectivity index (χ0v) is 8.78. The lowest BCUT2D eigenvalue weighted by Crippen LogP contribution is -2.29. The molecule has 0 heterocycles. The fraction of sp³-hybridized carbons (Fsp3) is 0.889. The van der Waals surface area contributed by atoms with Gasteiger partial charge in [-0.25, -0.2) is 0 Å². The maximum absolute atomic E-state index is 11.7. The van der Waals surface area contributed by atoms with Gasteiger partial charge in [-0.2, -0.15) is 13.2 Å². The molecule has 90 valence electrons. The summed E-state index contributed by atoms with van der Waals surface area (Å²) in [6.45, 7) is 2.69. The summed E-state index contributed by atoms with van der Waals surface area (Å²) in [5, 5.41) is 5.21. The van der Waals surface area contributed by atoms with Crippen molar-refractivity contribution < 1.29 is 18.0 Å². The van der Waals surface area contributed by atoms with Crippen LogP contribution in [-0.4, -0.2) is 31.7 Å². The Bertz CT molecular complexity index is 183. The van der Waals surface area contributed by atoms with Crippen molar-refractivity contribution in [2.45, 2.75) is 32.4 Å². The van der Waals surface area contributed by atoms with Crippen molar-refractivity contribution in [1.82, 2.24) is 10.6 Å². The Balaban J connectivity index is 3.27. The normalized spacial score (nSPS) is 11.5. The number of hydrogen-bond donors (Lipinski definition) is 2. The molecule has 15 heavy (non-hydrogen) atoms. The number of amides is 1. The van der Waals surface area contributed by atoms with Crippen LogP contribution in [0, 0.1) is 0 Å². The molecule has 0 aliphatic carbocycles. The molecule has 0 atom stereocenters. The molecule has 0 aromatic rings. The molecule has 1 amide bonds. The number of alkyl halides is 3. The van der Waals surface area contributed by atoms with Crippen LogP contribution in [0.5, 0.6) is 0 Å². The summed E-state index contributed by atoms with van der Waals surface area (Å²) in [5.41, 5.74) is 0. The van der Waals surface area contributed by atoms with Gasteiger partial charge in [0, 0.05) is 26.1 Å². The molecule has 2 N–H and O–H groups in total. The molecular formula is C9H17F3N2O. The Morgan fingerprint density at radius 1 is 1.20 bits per heavy atom. The predicted octanol–water partition coefficient (Wildman–Crippen LogP) is 1.44. The molecule has 0 aromatic carbocycles. The van der Waals surface area contributed by atoms with Gasteiger partial charge in [0.2, 0.25) is 5.91 Å². The van der Waals surface area contributed by atoms with Gasteiger partial charge in [0.25, 0.3) is 0 Å². The van der Waals surface area contributed by atoms with Crippen molar-refractivity contribution in [2.75, 3.05) is 19.6 Å². The van der Waals surface area contributed by atoms with Crippen molar-refractivity contribution in [2.24, 2.45) is 0 Å². The van der Waals surface area contributed by atoms with Crippen molar-refractivity contribution in [1.29, 1.82) is 0 Å². The van der Waals surface area contributed by atoms with Crippen LogP contribution in [0.1, 0.15) is 26.2 Å². The number of rotatable bonds is 7. The number of nitrogens with one attached hydrogen (secondary N) is 2. The van der Waals surface area contributed by atoms with E-state index in [1.165, 1.54) is 0 Å². The zero-order chi connectivity index (χ0) is 11.7. The number of hydrogen-bond acceptors (Lipinski definition) is 2. The Labute approximate surface area is 87.4 Å². The largest absolute Gasteiger partial charge is 0.390 e. The number of carbonyl (C=O) groups excluding carboxylic acids is 1. The van der Waals surface area contributed by atoms with E-state index >= 15 is 0 Å². The molecule has 0 aliphatic heterocycles. The van der Waals surface area contributed by atoms with Gasteiger partial charge < -0.3 is 10.6 Å². The lowest BCUT2D eigenvalue weighted by molar-refractivity contribution is -0.133. The third-order valence-electron chi connectivity index (χ3n) is 1.69. The average molecular weight is 226 g/mol. The first-order valence-corrected chi connectivity index (χ1v) is 5.00. The van der Waals surface area contributed by atoms with E-state index in [0.717, 1.165) is 6.42 Å². The molecule has 0 rings (SSSR count). The second-order valence-corrected chi connectivity index (χ2v) is 3.22. The second kappa shape index (κ2) is 7.50. The molecule has 0 unspecified atom stereocenters. The molecule has 0 bridgehead atoms. The minimum Gasteiger partial charge on any atom is -0.356 e. The molecule has 0 saturated heterocycles. The van der Waals surface area contributed by atoms with E-state index in [2.05, 4.69) is 10.6 Å². The van der Waals surface area contributed by atoms with E-state index in [1.807, 2.05) is 6.92 Å². The molecule has 6 heteroatoms. The summed E-state index contributed by atoms with van der Waals surface area (Å²) in [7, 11) is 0. The standard InChI is InChI=1S/C9H17F3N2O/c1-2-5-14-8(15)3-6-13-7-4-9(10,11)12/h13H,2-7H2,1H3,(H,14,15). The minimum absolute atomic E-state index is 0.128. The van der Waals surface area contributed by atoms with Crippen molar-refractivity contribution in [3.05, 3.63) is 0 Å². The SMILES string of the molecule is CCCNC(=O)CCNCCC(F)(F)F. The lowest BCUT2D eigenvalue weighted by Gasteiger charge is -2.07. The van der Waals surface area contributed by atoms with Crippen molar-refractivity contribution in [3.8, 4) is 0 Å². The number of carbonyl (C=O) groups is 1. The summed E-state index contributed by atoms with van der Waals surface area (Å²) in [6, 6.07) is 0. The van der Waals surface area contributed by atoms with Gasteiger partial charge in [-0.1, -0.05) is 6.92 Å². The first kappa shape index (κ1) is 14.2. The lowest BCUT2D eigenvalue weighted by atomic mass is 10.3. The van der Waals surface area contributed by atoms with Crippen LogP contribution in [0.15, 0.2) is 0 Å². The molecule has 0 fully saturated rings. The van der Waals surface area contributed by atoms with E-state index in [4.69, 9.17) is 0 Å².